The molecule has 3 rings (SSSR count). The van der Waals surface area contributed by atoms with E-state index in [2.05, 4.69) is 31.2 Å². The van der Waals surface area contributed by atoms with Crippen LogP contribution in [0.25, 0.3) is 0 Å². The van der Waals surface area contributed by atoms with Crippen LogP contribution in [0.3, 0.4) is 0 Å². The Balaban J connectivity index is 1.60. The number of carbonyl (C=O) groups is 1. The molecule has 1 fully saturated rings. The summed E-state index contributed by atoms with van der Waals surface area (Å²) in [5.41, 5.74) is 8.82. The molecule has 0 saturated carbocycles. The second-order valence-corrected chi connectivity index (χ2v) is 6.48. The molecule has 2 atom stereocenters. The average molecular weight is 308 g/mol. The van der Waals surface area contributed by atoms with E-state index in [9.17, 15) is 4.79 Å². The van der Waals surface area contributed by atoms with Gasteiger partial charge in [-0.15, -0.1) is 0 Å². The van der Waals surface area contributed by atoms with Gasteiger partial charge in [-0.2, -0.15) is 0 Å². The molecule has 1 heterocycles. The highest BCUT2D eigenvalue weighted by atomic mass is 16.2. The molecule has 1 amide bonds. The van der Waals surface area contributed by atoms with E-state index in [1.165, 1.54) is 5.56 Å². The molecular formula is C20H24N2O. The van der Waals surface area contributed by atoms with Gasteiger partial charge in [-0.05, 0) is 48.9 Å². The highest BCUT2D eigenvalue weighted by molar-refractivity contribution is 5.79. The van der Waals surface area contributed by atoms with E-state index in [-0.39, 0.29) is 5.91 Å². The van der Waals surface area contributed by atoms with Crippen LogP contribution in [0.2, 0.25) is 0 Å². The smallest absolute Gasteiger partial charge is 0.227 e. The summed E-state index contributed by atoms with van der Waals surface area (Å²) in [4.78, 5) is 14.6. The number of benzene rings is 2. The number of nitrogens with zero attached hydrogens (tertiary/aromatic N) is 1. The molecular weight excluding hydrogens is 284 g/mol. The normalized spacial score (nSPS) is 20.7. The third kappa shape index (κ3) is 3.73. The third-order valence-corrected chi connectivity index (χ3v) is 4.91. The molecule has 0 radical (unpaired) electrons. The molecule has 23 heavy (non-hydrogen) atoms. The first-order valence-corrected chi connectivity index (χ1v) is 8.31. The van der Waals surface area contributed by atoms with Crippen LogP contribution in [0.1, 0.15) is 24.5 Å². The van der Waals surface area contributed by atoms with Crippen molar-refractivity contribution in [3.05, 3.63) is 65.7 Å². The maximum absolute atomic E-state index is 12.6. The van der Waals surface area contributed by atoms with E-state index in [0.29, 0.717) is 18.4 Å². The van der Waals surface area contributed by atoms with Crippen molar-refractivity contribution in [2.24, 2.45) is 5.92 Å². The number of rotatable bonds is 4. The Kier molecular flexibility index (Phi) is 4.65. The fourth-order valence-electron chi connectivity index (χ4n) is 3.46. The zero-order valence-corrected chi connectivity index (χ0v) is 13.6. The number of anilines is 1. The minimum absolute atomic E-state index is 0.220. The summed E-state index contributed by atoms with van der Waals surface area (Å²) >= 11 is 0. The van der Waals surface area contributed by atoms with E-state index >= 15 is 0 Å². The topological polar surface area (TPSA) is 46.3 Å². The van der Waals surface area contributed by atoms with Gasteiger partial charge in [0.15, 0.2) is 0 Å². The molecule has 2 aromatic carbocycles. The van der Waals surface area contributed by atoms with E-state index < -0.39 is 0 Å². The molecule has 1 aliphatic heterocycles. The number of likely N-dealkylation sites (tertiary alicyclic amines) is 1. The molecule has 2 N–H and O–H groups in total. The fourth-order valence-corrected chi connectivity index (χ4v) is 3.46. The van der Waals surface area contributed by atoms with Crippen LogP contribution >= 0.6 is 0 Å². The van der Waals surface area contributed by atoms with Crippen molar-refractivity contribution in [3.63, 3.8) is 0 Å². The third-order valence-electron chi connectivity index (χ3n) is 4.91. The molecule has 0 aliphatic carbocycles. The van der Waals surface area contributed by atoms with Gasteiger partial charge in [-0.3, -0.25) is 4.79 Å². The monoisotopic (exact) mass is 308 g/mol. The van der Waals surface area contributed by atoms with Crippen LogP contribution < -0.4 is 5.73 Å². The summed E-state index contributed by atoms with van der Waals surface area (Å²) in [5, 5.41) is 0. The summed E-state index contributed by atoms with van der Waals surface area (Å²) in [7, 11) is 0. The maximum atomic E-state index is 12.6. The molecule has 0 bridgehead atoms. The van der Waals surface area contributed by atoms with Crippen LogP contribution in [-0.2, 0) is 17.6 Å². The van der Waals surface area contributed by atoms with Crippen molar-refractivity contribution >= 4 is 11.6 Å². The van der Waals surface area contributed by atoms with E-state index in [1.54, 1.807) is 0 Å². The van der Waals surface area contributed by atoms with Gasteiger partial charge in [0.05, 0.1) is 6.42 Å². The maximum Gasteiger partial charge on any atom is 0.227 e. The highest BCUT2D eigenvalue weighted by Gasteiger charge is 2.33. The molecule has 2 unspecified atom stereocenters. The summed E-state index contributed by atoms with van der Waals surface area (Å²) in [5.74, 6) is 0.769. The second-order valence-electron chi connectivity index (χ2n) is 6.48. The van der Waals surface area contributed by atoms with Crippen LogP contribution in [0.4, 0.5) is 5.69 Å². The minimum Gasteiger partial charge on any atom is -0.399 e. The predicted molar refractivity (Wildman–Crippen MR) is 94.0 cm³/mol. The van der Waals surface area contributed by atoms with Gasteiger partial charge in [0, 0.05) is 18.3 Å². The Hall–Kier alpha value is -2.29. The van der Waals surface area contributed by atoms with Gasteiger partial charge in [0.2, 0.25) is 5.91 Å². The van der Waals surface area contributed by atoms with Gasteiger partial charge in [-0.1, -0.05) is 42.5 Å². The lowest BCUT2D eigenvalue weighted by Gasteiger charge is -2.25. The lowest BCUT2D eigenvalue weighted by Crippen LogP contribution is -2.37. The van der Waals surface area contributed by atoms with E-state index in [4.69, 9.17) is 5.73 Å². The fraction of sp³-hybridized carbons (Fsp3) is 0.350. The molecule has 2 aromatic rings. The zero-order chi connectivity index (χ0) is 16.2. The zero-order valence-electron chi connectivity index (χ0n) is 13.6. The summed E-state index contributed by atoms with van der Waals surface area (Å²) < 4.78 is 0. The first kappa shape index (κ1) is 15.6. The van der Waals surface area contributed by atoms with Crippen molar-refractivity contribution in [3.8, 4) is 0 Å². The molecule has 120 valence electrons. The van der Waals surface area contributed by atoms with Crippen LogP contribution in [-0.4, -0.2) is 23.4 Å². The van der Waals surface area contributed by atoms with Gasteiger partial charge in [-0.25, -0.2) is 0 Å². The first-order valence-electron chi connectivity index (χ1n) is 8.31. The number of nitrogen functional groups attached to an aromatic ring is 1. The van der Waals surface area contributed by atoms with Crippen molar-refractivity contribution in [1.82, 2.24) is 4.90 Å². The number of hydrogen-bond donors (Lipinski definition) is 1. The second kappa shape index (κ2) is 6.86. The SMILES string of the molecule is CC1C(Cc2ccccc2)CCN1C(=O)Cc1ccc(N)cc1. The highest BCUT2D eigenvalue weighted by Crippen LogP contribution is 2.28. The minimum atomic E-state index is 0.220. The number of hydrogen-bond acceptors (Lipinski definition) is 2. The molecule has 1 saturated heterocycles. The summed E-state index contributed by atoms with van der Waals surface area (Å²) in [6.07, 6.45) is 2.60. The van der Waals surface area contributed by atoms with Gasteiger partial charge in [0.25, 0.3) is 0 Å². The van der Waals surface area contributed by atoms with Crippen molar-refractivity contribution in [2.75, 3.05) is 12.3 Å². The molecule has 1 aliphatic rings. The number of amides is 1. The molecule has 3 heteroatoms. The number of nitrogens with two attached hydrogens (primary N) is 1. The van der Waals surface area contributed by atoms with Gasteiger partial charge in [0.1, 0.15) is 0 Å². The quantitative estimate of drug-likeness (QED) is 0.881. The Morgan fingerprint density at radius 1 is 1.09 bits per heavy atom. The van der Waals surface area contributed by atoms with Gasteiger partial charge < -0.3 is 10.6 Å². The van der Waals surface area contributed by atoms with Crippen LogP contribution in [0, 0.1) is 5.92 Å². The van der Waals surface area contributed by atoms with Gasteiger partial charge >= 0.3 is 0 Å². The summed E-state index contributed by atoms with van der Waals surface area (Å²) in [6.45, 7) is 3.05. The first-order chi connectivity index (χ1) is 11.1. The Morgan fingerprint density at radius 3 is 2.48 bits per heavy atom. The Bertz CT molecular complexity index is 651. The summed E-state index contributed by atoms with van der Waals surface area (Å²) in [6, 6.07) is 18.4. The van der Waals surface area contributed by atoms with Crippen molar-refractivity contribution in [1.29, 1.82) is 0 Å². The lowest BCUT2D eigenvalue weighted by molar-refractivity contribution is -0.131. The Morgan fingerprint density at radius 2 is 1.78 bits per heavy atom. The van der Waals surface area contributed by atoms with E-state index in [1.807, 2.05) is 35.2 Å². The molecule has 0 spiro atoms. The average Bonchev–Trinajstić information content (AvgIpc) is 2.92. The Labute approximate surface area is 138 Å². The van der Waals surface area contributed by atoms with Crippen LogP contribution in [0.15, 0.2) is 54.6 Å². The van der Waals surface area contributed by atoms with Crippen molar-refractivity contribution in [2.45, 2.75) is 32.2 Å². The number of carbonyl (C=O) groups excluding carboxylic acids is 1. The van der Waals surface area contributed by atoms with Crippen molar-refractivity contribution < 1.29 is 4.79 Å². The molecule has 0 aromatic heterocycles. The molecule has 3 nitrogen and oxygen atoms in total. The lowest BCUT2D eigenvalue weighted by atomic mass is 9.93. The predicted octanol–water partition coefficient (Wildman–Crippen LogP) is 3.29. The standard InChI is InChI=1S/C20H24N2O/c1-15-18(13-16-5-3-2-4-6-16)11-12-22(15)20(23)14-17-7-9-19(21)10-8-17/h2-10,15,18H,11-14,21H2,1H3. The van der Waals surface area contributed by atoms with Crippen LogP contribution in [0.5, 0.6) is 0 Å². The van der Waals surface area contributed by atoms with E-state index in [0.717, 1.165) is 30.6 Å². The largest absolute Gasteiger partial charge is 0.399 e.